The Labute approximate surface area is 185 Å². The van der Waals surface area contributed by atoms with Gasteiger partial charge in [-0.1, -0.05) is 60.7 Å². The maximum absolute atomic E-state index is 13.7. The van der Waals surface area contributed by atoms with Crippen molar-refractivity contribution >= 4 is 23.5 Å². The zero-order chi connectivity index (χ0) is 22.9. The van der Waals surface area contributed by atoms with Gasteiger partial charge in [-0.25, -0.2) is 4.39 Å². The maximum atomic E-state index is 13.7. The molecule has 2 amide bonds. The Kier molecular flexibility index (Phi) is 7.59. The number of halogens is 1. The summed E-state index contributed by atoms with van der Waals surface area (Å²) in [6.07, 6.45) is 0.639. The van der Waals surface area contributed by atoms with Crippen LogP contribution in [0.5, 0.6) is 11.5 Å². The molecular formula is C25H23FN2O4. The summed E-state index contributed by atoms with van der Waals surface area (Å²) < 4.78 is 24.5. The van der Waals surface area contributed by atoms with Crippen molar-refractivity contribution in [3.05, 3.63) is 95.8 Å². The van der Waals surface area contributed by atoms with E-state index in [4.69, 9.17) is 9.47 Å². The first-order valence-corrected chi connectivity index (χ1v) is 9.91. The summed E-state index contributed by atoms with van der Waals surface area (Å²) in [5.41, 5.74) is 6.40. The molecule has 32 heavy (non-hydrogen) atoms. The summed E-state index contributed by atoms with van der Waals surface area (Å²) in [4.78, 5) is 25.3. The van der Waals surface area contributed by atoms with Crippen LogP contribution in [0.4, 0.5) is 4.39 Å². The van der Waals surface area contributed by atoms with Gasteiger partial charge < -0.3 is 9.47 Å². The van der Waals surface area contributed by atoms with E-state index in [1.165, 1.54) is 25.1 Å². The van der Waals surface area contributed by atoms with Crippen molar-refractivity contribution in [3.63, 3.8) is 0 Å². The van der Waals surface area contributed by atoms with E-state index in [1.807, 2.05) is 36.4 Å². The van der Waals surface area contributed by atoms with Crippen LogP contribution in [0, 0.1) is 5.82 Å². The number of nitrogens with one attached hydrogen (secondary N) is 2. The summed E-state index contributed by atoms with van der Waals surface area (Å²) in [6, 6.07) is 22.1. The van der Waals surface area contributed by atoms with Crippen molar-refractivity contribution in [1.82, 2.24) is 10.9 Å². The van der Waals surface area contributed by atoms with Gasteiger partial charge in [0.1, 0.15) is 5.75 Å². The molecule has 3 aromatic carbocycles. The summed E-state index contributed by atoms with van der Waals surface area (Å²) in [5.74, 6) is -1.20. The average molecular weight is 434 g/mol. The number of methoxy groups -OCH3 is 1. The Morgan fingerprint density at radius 2 is 1.50 bits per heavy atom. The van der Waals surface area contributed by atoms with Crippen molar-refractivity contribution in [2.45, 2.75) is 13.0 Å². The van der Waals surface area contributed by atoms with E-state index < -0.39 is 23.7 Å². The highest BCUT2D eigenvalue weighted by Gasteiger charge is 2.19. The Morgan fingerprint density at radius 3 is 2.19 bits per heavy atom. The largest absolute Gasteiger partial charge is 0.496 e. The highest BCUT2D eigenvalue weighted by atomic mass is 19.1. The van der Waals surface area contributed by atoms with Crippen molar-refractivity contribution in [1.29, 1.82) is 0 Å². The van der Waals surface area contributed by atoms with Gasteiger partial charge in [0.2, 0.25) is 0 Å². The summed E-state index contributed by atoms with van der Waals surface area (Å²) in [5, 5.41) is 0. The predicted octanol–water partition coefficient (Wildman–Crippen LogP) is 3.99. The SMILES string of the molecule is COc1ccccc1/C=C(/C(=O)NNC(=O)C(C)Oc1ccccc1F)c1ccccc1. The van der Waals surface area contributed by atoms with E-state index >= 15 is 0 Å². The highest BCUT2D eigenvalue weighted by Crippen LogP contribution is 2.24. The quantitative estimate of drug-likeness (QED) is 0.335. The molecular weight excluding hydrogens is 411 g/mol. The number of hydrazine groups is 1. The van der Waals surface area contributed by atoms with Crippen LogP contribution in [-0.2, 0) is 9.59 Å². The van der Waals surface area contributed by atoms with Crippen LogP contribution >= 0.6 is 0 Å². The van der Waals surface area contributed by atoms with Gasteiger partial charge in [0.25, 0.3) is 11.8 Å². The second-order valence-electron chi connectivity index (χ2n) is 6.80. The van der Waals surface area contributed by atoms with Crippen LogP contribution in [0.3, 0.4) is 0 Å². The van der Waals surface area contributed by atoms with Crippen molar-refractivity contribution in [2.75, 3.05) is 7.11 Å². The third-order valence-corrected chi connectivity index (χ3v) is 4.58. The van der Waals surface area contributed by atoms with Gasteiger partial charge in [0, 0.05) is 11.1 Å². The predicted molar refractivity (Wildman–Crippen MR) is 120 cm³/mol. The molecule has 6 nitrogen and oxygen atoms in total. The van der Waals surface area contributed by atoms with Crippen LogP contribution in [0.25, 0.3) is 11.6 Å². The fraction of sp³-hybridized carbons (Fsp3) is 0.120. The fourth-order valence-electron chi connectivity index (χ4n) is 2.91. The summed E-state index contributed by atoms with van der Waals surface area (Å²) >= 11 is 0. The van der Waals surface area contributed by atoms with Gasteiger partial charge in [-0.3, -0.25) is 20.4 Å². The molecule has 1 atom stereocenters. The Morgan fingerprint density at radius 1 is 0.875 bits per heavy atom. The van der Waals surface area contributed by atoms with E-state index in [2.05, 4.69) is 10.9 Å². The number of ether oxygens (including phenoxy) is 2. The highest BCUT2D eigenvalue weighted by molar-refractivity contribution is 6.24. The molecule has 164 valence electrons. The van der Waals surface area contributed by atoms with E-state index in [1.54, 1.807) is 37.5 Å². The Bertz CT molecular complexity index is 1120. The molecule has 0 saturated carbocycles. The van der Waals surface area contributed by atoms with E-state index in [0.717, 1.165) is 0 Å². The number of carbonyl (C=O) groups excluding carboxylic acids is 2. The van der Waals surface area contributed by atoms with Crippen LogP contribution in [0.2, 0.25) is 0 Å². The molecule has 0 aliphatic carbocycles. The van der Waals surface area contributed by atoms with Crippen LogP contribution in [0.15, 0.2) is 78.9 Å². The molecule has 0 bridgehead atoms. The van der Waals surface area contributed by atoms with Gasteiger partial charge in [0.15, 0.2) is 17.7 Å². The Hall–Kier alpha value is -4.13. The second-order valence-corrected chi connectivity index (χ2v) is 6.80. The van der Waals surface area contributed by atoms with Gasteiger partial charge in [-0.2, -0.15) is 0 Å². The van der Waals surface area contributed by atoms with Gasteiger partial charge in [-0.05, 0) is 36.8 Å². The molecule has 1 unspecified atom stereocenters. The average Bonchev–Trinajstić information content (AvgIpc) is 2.82. The molecule has 0 fully saturated rings. The van der Waals surface area contributed by atoms with Crippen molar-refractivity contribution < 1.29 is 23.5 Å². The molecule has 2 N–H and O–H groups in total. The van der Waals surface area contributed by atoms with Gasteiger partial charge >= 0.3 is 0 Å². The molecule has 0 aliphatic rings. The topological polar surface area (TPSA) is 76.7 Å². The van der Waals surface area contributed by atoms with Crippen molar-refractivity contribution in [3.8, 4) is 11.5 Å². The van der Waals surface area contributed by atoms with E-state index in [-0.39, 0.29) is 5.75 Å². The second kappa shape index (κ2) is 10.8. The minimum atomic E-state index is -1.04. The molecule has 0 saturated heterocycles. The lowest BCUT2D eigenvalue weighted by Crippen LogP contribution is -2.47. The van der Waals surface area contributed by atoms with E-state index in [9.17, 15) is 14.0 Å². The standard InChI is InChI=1S/C25H23FN2O4/c1-17(32-23-15-9-7-13-21(23)26)24(29)27-28-25(30)20(18-10-4-3-5-11-18)16-19-12-6-8-14-22(19)31-2/h3-17H,1-2H3,(H,27,29)(H,28,30)/b20-16+. The molecule has 3 rings (SSSR count). The Balaban J connectivity index is 1.75. The molecule has 0 heterocycles. The number of benzene rings is 3. The number of amides is 2. The molecule has 0 radical (unpaired) electrons. The minimum absolute atomic E-state index is 0.0532. The van der Waals surface area contributed by atoms with Crippen LogP contribution in [-0.4, -0.2) is 25.0 Å². The number of carbonyl (C=O) groups is 2. The third kappa shape index (κ3) is 5.72. The van der Waals surface area contributed by atoms with Crippen LogP contribution < -0.4 is 20.3 Å². The molecule has 0 aliphatic heterocycles. The maximum Gasteiger partial charge on any atom is 0.279 e. The van der Waals surface area contributed by atoms with Crippen molar-refractivity contribution in [2.24, 2.45) is 0 Å². The first-order chi connectivity index (χ1) is 15.5. The van der Waals surface area contributed by atoms with E-state index in [0.29, 0.717) is 22.4 Å². The lowest BCUT2D eigenvalue weighted by Gasteiger charge is -2.16. The number of hydrogen-bond donors (Lipinski definition) is 2. The zero-order valence-corrected chi connectivity index (χ0v) is 17.7. The van der Waals surface area contributed by atoms with Gasteiger partial charge in [0.05, 0.1) is 7.11 Å². The number of para-hydroxylation sites is 2. The lowest BCUT2D eigenvalue weighted by atomic mass is 10.0. The summed E-state index contributed by atoms with van der Waals surface area (Å²) in [7, 11) is 1.55. The monoisotopic (exact) mass is 434 g/mol. The molecule has 0 aromatic heterocycles. The summed E-state index contributed by atoms with van der Waals surface area (Å²) in [6.45, 7) is 1.46. The van der Waals surface area contributed by atoms with Crippen LogP contribution in [0.1, 0.15) is 18.1 Å². The lowest BCUT2D eigenvalue weighted by molar-refractivity contribution is -0.131. The first-order valence-electron chi connectivity index (χ1n) is 9.91. The zero-order valence-electron chi connectivity index (χ0n) is 17.7. The smallest absolute Gasteiger partial charge is 0.279 e. The van der Waals surface area contributed by atoms with Gasteiger partial charge in [-0.15, -0.1) is 0 Å². The molecule has 7 heteroatoms. The number of hydrogen-bond acceptors (Lipinski definition) is 4. The third-order valence-electron chi connectivity index (χ3n) is 4.58. The first kappa shape index (κ1) is 22.6. The minimum Gasteiger partial charge on any atom is -0.496 e. The molecule has 3 aromatic rings. The normalized spacial score (nSPS) is 11.9. The fourth-order valence-corrected chi connectivity index (χ4v) is 2.91. The number of rotatable bonds is 7. The molecule has 0 spiro atoms.